The van der Waals surface area contributed by atoms with Crippen molar-refractivity contribution in [1.29, 1.82) is 0 Å². The zero-order valence-corrected chi connectivity index (χ0v) is 20.2. The third kappa shape index (κ3) is 5.68. The number of hydrogen-bond acceptors (Lipinski definition) is 6. The number of alkyl halides is 2. The molecule has 0 bridgehead atoms. The Morgan fingerprint density at radius 1 is 1.14 bits per heavy atom. The normalized spacial score (nSPS) is 18.9. The molecule has 0 unspecified atom stereocenters. The lowest BCUT2D eigenvalue weighted by Gasteiger charge is -2.40. The number of anilines is 1. The summed E-state index contributed by atoms with van der Waals surface area (Å²) < 4.78 is 45.9. The number of aromatic nitrogens is 1. The molecule has 2 aromatic rings. The topological polar surface area (TPSA) is 79.2 Å². The Bertz CT molecular complexity index is 1210. The Kier molecular flexibility index (Phi) is 6.22. The number of hydrogen-bond donors (Lipinski definition) is 1. The summed E-state index contributed by atoms with van der Waals surface area (Å²) in [5.74, 6) is -2.77. The molecule has 190 valence electrons. The largest absolute Gasteiger partial charge is 0.476 e. The Hall–Kier alpha value is -3.43. The molecule has 5 rings (SSSR count). The van der Waals surface area contributed by atoms with Gasteiger partial charge in [0.15, 0.2) is 0 Å². The number of benzene rings is 1. The SMILES string of the molecule is CC(C)(CC1=NN=C(c2ccc(F)cc2)C1)NC(=O)c1ccc(N2CC(F)(F)C2)c(OCC2CC2)n1. The highest BCUT2D eigenvalue weighted by Gasteiger charge is 2.45. The molecule has 10 heteroatoms. The summed E-state index contributed by atoms with van der Waals surface area (Å²) in [5, 5.41) is 11.5. The Labute approximate surface area is 207 Å². The van der Waals surface area contributed by atoms with Crippen molar-refractivity contribution in [3.8, 4) is 5.88 Å². The van der Waals surface area contributed by atoms with Crippen LogP contribution in [0.25, 0.3) is 0 Å². The Balaban J connectivity index is 1.22. The zero-order chi connectivity index (χ0) is 25.5. The van der Waals surface area contributed by atoms with Gasteiger partial charge < -0.3 is 15.0 Å². The summed E-state index contributed by atoms with van der Waals surface area (Å²) in [6.07, 6.45) is 3.11. The average Bonchev–Trinajstić information content (AvgIpc) is 3.53. The Morgan fingerprint density at radius 3 is 2.53 bits per heavy atom. The average molecular weight is 500 g/mol. The molecule has 2 fully saturated rings. The van der Waals surface area contributed by atoms with E-state index in [1.165, 1.54) is 23.1 Å². The van der Waals surface area contributed by atoms with Gasteiger partial charge in [0, 0.05) is 24.1 Å². The molecule has 1 aromatic carbocycles. The van der Waals surface area contributed by atoms with Gasteiger partial charge in [-0.15, -0.1) is 0 Å². The van der Waals surface area contributed by atoms with Crippen molar-refractivity contribution in [2.45, 2.75) is 51.0 Å². The molecule has 2 aliphatic heterocycles. The first kappa shape index (κ1) is 24.3. The first-order valence-corrected chi connectivity index (χ1v) is 12.0. The van der Waals surface area contributed by atoms with E-state index in [1.54, 1.807) is 18.2 Å². The summed E-state index contributed by atoms with van der Waals surface area (Å²) in [6.45, 7) is 3.43. The van der Waals surface area contributed by atoms with E-state index in [2.05, 4.69) is 20.5 Å². The fraction of sp³-hybridized carbons (Fsp3) is 0.462. The van der Waals surface area contributed by atoms with Crippen molar-refractivity contribution in [2.24, 2.45) is 16.1 Å². The van der Waals surface area contributed by atoms with Gasteiger partial charge in [-0.2, -0.15) is 10.2 Å². The van der Waals surface area contributed by atoms with Crippen LogP contribution < -0.4 is 15.0 Å². The quantitative estimate of drug-likeness (QED) is 0.547. The van der Waals surface area contributed by atoms with Gasteiger partial charge in [0.05, 0.1) is 25.4 Å². The third-order valence-electron chi connectivity index (χ3n) is 6.37. The fourth-order valence-electron chi connectivity index (χ4n) is 4.29. The number of carbonyl (C=O) groups excluding carboxylic acids is 1. The van der Waals surface area contributed by atoms with Gasteiger partial charge in [0.2, 0.25) is 5.88 Å². The zero-order valence-electron chi connectivity index (χ0n) is 20.2. The van der Waals surface area contributed by atoms with Crippen LogP contribution in [0.5, 0.6) is 5.88 Å². The molecule has 1 N–H and O–H groups in total. The first-order chi connectivity index (χ1) is 17.1. The lowest BCUT2D eigenvalue weighted by atomic mass is 9.93. The molecule has 1 aromatic heterocycles. The standard InChI is InChI=1S/C26H28F3N5O2/c1-25(2,12-19-11-21(33-32-19)17-5-7-18(27)8-6-17)31-23(35)20-9-10-22(34-14-26(28,29)15-34)24(30-20)36-13-16-3-4-16/h5-10,16H,3-4,11-15H2,1-2H3,(H,31,35). The van der Waals surface area contributed by atoms with Gasteiger partial charge in [-0.3, -0.25) is 4.79 Å². The van der Waals surface area contributed by atoms with Crippen molar-refractivity contribution in [2.75, 3.05) is 24.6 Å². The lowest BCUT2D eigenvalue weighted by molar-refractivity contribution is -0.0265. The van der Waals surface area contributed by atoms with Crippen LogP contribution in [0.2, 0.25) is 0 Å². The van der Waals surface area contributed by atoms with Crippen LogP contribution in [-0.4, -0.2) is 53.5 Å². The second-order valence-electron chi connectivity index (χ2n) is 10.4. The van der Waals surface area contributed by atoms with Crippen molar-refractivity contribution >= 4 is 23.0 Å². The van der Waals surface area contributed by atoms with Crippen molar-refractivity contribution < 1.29 is 22.7 Å². The maximum Gasteiger partial charge on any atom is 0.282 e. The number of pyridine rings is 1. The first-order valence-electron chi connectivity index (χ1n) is 12.0. The van der Waals surface area contributed by atoms with Crippen LogP contribution in [0.4, 0.5) is 18.9 Å². The van der Waals surface area contributed by atoms with E-state index in [9.17, 15) is 18.0 Å². The van der Waals surface area contributed by atoms with Crippen LogP contribution >= 0.6 is 0 Å². The van der Waals surface area contributed by atoms with E-state index >= 15 is 0 Å². The van der Waals surface area contributed by atoms with E-state index in [-0.39, 0.29) is 17.4 Å². The van der Waals surface area contributed by atoms with Crippen LogP contribution in [0.3, 0.4) is 0 Å². The highest BCUT2D eigenvalue weighted by molar-refractivity contribution is 6.15. The van der Waals surface area contributed by atoms with Crippen molar-refractivity contribution in [3.05, 3.63) is 53.5 Å². The fourth-order valence-corrected chi connectivity index (χ4v) is 4.29. The Morgan fingerprint density at radius 2 is 1.86 bits per heavy atom. The van der Waals surface area contributed by atoms with Crippen molar-refractivity contribution in [1.82, 2.24) is 10.3 Å². The molecule has 0 radical (unpaired) electrons. The summed E-state index contributed by atoms with van der Waals surface area (Å²) in [4.78, 5) is 19.0. The van der Waals surface area contributed by atoms with Crippen LogP contribution in [-0.2, 0) is 0 Å². The molecule has 3 aliphatic rings. The van der Waals surface area contributed by atoms with Gasteiger partial charge in [-0.1, -0.05) is 12.1 Å². The summed E-state index contributed by atoms with van der Waals surface area (Å²) in [5.41, 5.74) is 2.33. The van der Waals surface area contributed by atoms with Gasteiger partial charge >= 0.3 is 0 Å². The van der Waals surface area contributed by atoms with Crippen molar-refractivity contribution in [3.63, 3.8) is 0 Å². The smallest absolute Gasteiger partial charge is 0.282 e. The highest BCUT2D eigenvalue weighted by Crippen LogP contribution is 2.38. The molecule has 1 saturated heterocycles. The molecule has 0 atom stereocenters. The minimum Gasteiger partial charge on any atom is -0.476 e. The molecular formula is C26H28F3N5O2. The van der Waals surface area contributed by atoms with Gasteiger partial charge in [-0.05, 0) is 62.4 Å². The summed E-state index contributed by atoms with van der Waals surface area (Å²) in [6, 6.07) is 9.25. The summed E-state index contributed by atoms with van der Waals surface area (Å²) >= 11 is 0. The predicted octanol–water partition coefficient (Wildman–Crippen LogP) is 4.61. The highest BCUT2D eigenvalue weighted by atomic mass is 19.3. The maximum atomic E-state index is 13.4. The number of rotatable bonds is 9. The van der Waals surface area contributed by atoms with Gasteiger partial charge in [0.1, 0.15) is 17.2 Å². The molecule has 1 saturated carbocycles. The molecular weight excluding hydrogens is 471 g/mol. The number of amides is 1. The number of halogens is 3. The molecule has 7 nitrogen and oxygen atoms in total. The minimum absolute atomic E-state index is 0.154. The number of nitrogens with one attached hydrogen (secondary N) is 1. The van der Waals surface area contributed by atoms with Crippen LogP contribution in [0, 0.1) is 11.7 Å². The predicted molar refractivity (Wildman–Crippen MR) is 131 cm³/mol. The van der Waals surface area contributed by atoms with Gasteiger partial charge in [-0.25, -0.2) is 18.2 Å². The molecule has 36 heavy (non-hydrogen) atoms. The summed E-state index contributed by atoms with van der Waals surface area (Å²) in [7, 11) is 0. The molecule has 1 aliphatic carbocycles. The van der Waals surface area contributed by atoms with E-state index in [0.717, 1.165) is 29.8 Å². The number of carbonyl (C=O) groups is 1. The second kappa shape index (κ2) is 9.22. The second-order valence-corrected chi connectivity index (χ2v) is 10.4. The minimum atomic E-state index is -2.73. The monoisotopic (exact) mass is 499 g/mol. The van der Waals surface area contributed by atoms with Crippen LogP contribution in [0.15, 0.2) is 46.6 Å². The van der Waals surface area contributed by atoms with E-state index < -0.39 is 30.5 Å². The third-order valence-corrected chi connectivity index (χ3v) is 6.37. The molecule has 3 heterocycles. The van der Waals surface area contributed by atoms with E-state index in [0.29, 0.717) is 31.1 Å². The number of nitrogens with zero attached hydrogens (tertiary/aromatic N) is 4. The molecule has 1 amide bonds. The van der Waals surface area contributed by atoms with Crippen LogP contribution in [0.1, 0.15) is 55.6 Å². The maximum absolute atomic E-state index is 13.4. The lowest BCUT2D eigenvalue weighted by Crippen LogP contribution is -2.56. The number of ether oxygens (including phenoxy) is 1. The molecule has 0 spiro atoms. The van der Waals surface area contributed by atoms with E-state index in [4.69, 9.17) is 4.74 Å². The van der Waals surface area contributed by atoms with E-state index in [1.807, 2.05) is 13.8 Å². The van der Waals surface area contributed by atoms with Gasteiger partial charge in [0.25, 0.3) is 11.8 Å².